The Bertz CT molecular complexity index is 1250. The van der Waals surface area contributed by atoms with E-state index in [-0.39, 0.29) is 29.4 Å². The molecule has 0 bridgehead atoms. The maximum Gasteiger partial charge on any atom is 0.338 e. The van der Waals surface area contributed by atoms with E-state index in [9.17, 15) is 4.79 Å². The predicted molar refractivity (Wildman–Crippen MR) is 168 cm³/mol. The molecule has 1 fully saturated rings. The van der Waals surface area contributed by atoms with E-state index in [1.165, 1.54) is 0 Å². The fourth-order valence-electron chi connectivity index (χ4n) is 4.22. The van der Waals surface area contributed by atoms with Crippen molar-refractivity contribution in [1.82, 2.24) is 0 Å². The SMILES string of the molecule is CC.COC1S[C@H](COCc2ccccc2)CC1OC(=O)c1ccc(-c2ccccc2)cc1.OCc1ccccc1. The highest BCUT2D eigenvalue weighted by Crippen LogP contribution is 2.37. The third kappa shape index (κ3) is 10.5. The van der Waals surface area contributed by atoms with E-state index >= 15 is 0 Å². The van der Waals surface area contributed by atoms with Gasteiger partial charge in [0.2, 0.25) is 0 Å². The van der Waals surface area contributed by atoms with Crippen molar-refractivity contribution in [3.05, 3.63) is 132 Å². The zero-order valence-electron chi connectivity index (χ0n) is 24.0. The summed E-state index contributed by atoms with van der Waals surface area (Å²) < 4.78 is 17.2. The van der Waals surface area contributed by atoms with Crippen molar-refractivity contribution < 1.29 is 24.1 Å². The number of ether oxygens (including phenoxy) is 3. The number of aliphatic hydroxyl groups excluding tert-OH is 1. The van der Waals surface area contributed by atoms with Gasteiger partial charge in [-0.1, -0.05) is 117 Å². The van der Waals surface area contributed by atoms with E-state index < -0.39 is 0 Å². The number of carbonyl (C=O) groups excluding carboxylic acids is 1. The van der Waals surface area contributed by atoms with Crippen molar-refractivity contribution in [1.29, 1.82) is 0 Å². The smallest absolute Gasteiger partial charge is 0.338 e. The van der Waals surface area contributed by atoms with Crippen LogP contribution in [0.1, 0.15) is 41.8 Å². The average molecular weight is 573 g/mol. The Kier molecular flexibility index (Phi) is 14.2. The average Bonchev–Trinajstić information content (AvgIpc) is 3.45. The minimum absolute atomic E-state index is 0.140. The van der Waals surface area contributed by atoms with Crippen LogP contribution in [0.15, 0.2) is 115 Å². The van der Waals surface area contributed by atoms with Gasteiger partial charge in [-0.2, -0.15) is 0 Å². The van der Waals surface area contributed by atoms with Crippen molar-refractivity contribution in [3.63, 3.8) is 0 Å². The molecule has 0 radical (unpaired) electrons. The first kappa shape index (κ1) is 32.1. The van der Waals surface area contributed by atoms with Gasteiger partial charge in [0.05, 0.1) is 25.4 Å². The van der Waals surface area contributed by atoms with Gasteiger partial charge in [0, 0.05) is 18.8 Å². The highest BCUT2D eigenvalue weighted by Gasteiger charge is 2.38. The van der Waals surface area contributed by atoms with Crippen LogP contribution in [0.3, 0.4) is 0 Å². The van der Waals surface area contributed by atoms with Gasteiger partial charge in [0.15, 0.2) is 0 Å². The standard InChI is InChI=1S/C26H26O4S.C7H8O.C2H6/c1-28-26-24(16-23(31-26)18-29-17-19-8-4-2-5-9-19)30-25(27)22-14-12-21(13-15-22)20-10-6-3-7-11-20;8-6-7-4-2-1-3-5-7;1-2/h2-15,23-24,26H,16-18H2,1H3;1-5,8H,6H2;1-2H3/t23-,24?,26?;;/m0../s1. The lowest BCUT2D eigenvalue weighted by Crippen LogP contribution is -2.26. The molecule has 0 amide bonds. The minimum Gasteiger partial charge on any atom is -0.455 e. The fraction of sp³-hybridized carbons (Fsp3) is 0.286. The molecule has 3 atom stereocenters. The molecule has 0 aromatic heterocycles. The first-order valence-corrected chi connectivity index (χ1v) is 14.9. The largest absolute Gasteiger partial charge is 0.455 e. The van der Waals surface area contributed by atoms with Gasteiger partial charge in [0.1, 0.15) is 11.5 Å². The highest BCUT2D eigenvalue weighted by molar-refractivity contribution is 8.00. The molecule has 2 unspecified atom stereocenters. The van der Waals surface area contributed by atoms with E-state index in [0.717, 1.165) is 22.3 Å². The number of benzene rings is 4. The zero-order chi connectivity index (χ0) is 29.3. The minimum atomic E-state index is -0.321. The summed E-state index contributed by atoms with van der Waals surface area (Å²) in [5.41, 5.74) is 4.66. The van der Waals surface area contributed by atoms with E-state index in [4.69, 9.17) is 19.3 Å². The summed E-state index contributed by atoms with van der Waals surface area (Å²) in [6, 6.07) is 37.2. The molecule has 4 aromatic carbocycles. The van der Waals surface area contributed by atoms with Crippen LogP contribution < -0.4 is 0 Å². The van der Waals surface area contributed by atoms with Crippen molar-refractivity contribution in [3.8, 4) is 11.1 Å². The number of hydrogen-bond acceptors (Lipinski definition) is 6. The molecule has 6 heteroatoms. The van der Waals surface area contributed by atoms with Gasteiger partial charge >= 0.3 is 5.97 Å². The summed E-state index contributed by atoms with van der Waals surface area (Å²) in [7, 11) is 1.65. The maximum absolute atomic E-state index is 12.7. The summed E-state index contributed by atoms with van der Waals surface area (Å²) in [6.07, 6.45) is 0.424. The number of thioether (sulfide) groups is 1. The number of hydrogen-bond donors (Lipinski definition) is 1. The molecule has 5 rings (SSSR count). The lowest BCUT2D eigenvalue weighted by Gasteiger charge is -2.17. The Morgan fingerprint density at radius 2 is 1.32 bits per heavy atom. The van der Waals surface area contributed by atoms with Crippen LogP contribution in [0.4, 0.5) is 0 Å². The molecule has 4 aromatic rings. The summed E-state index contributed by atoms with van der Waals surface area (Å²) >= 11 is 1.67. The molecule has 1 N–H and O–H groups in total. The first-order chi connectivity index (χ1) is 20.2. The predicted octanol–water partition coefficient (Wildman–Crippen LogP) is 7.78. The highest BCUT2D eigenvalue weighted by atomic mass is 32.2. The molecule has 1 heterocycles. The molecule has 1 aliphatic rings. The number of aliphatic hydroxyl groups is 1. The van der Waals surface area contributed by atoms with Crippen LogP contribution in [-0.2, 0) is 27.4 Å². The Morgan fingerprint density at radius 1 is 0.780 bits per heavy atom. The molecular weight excluding hydrogens is 532 g/mol. The Labute approximate surface area is 248 Å². The molecule has 1 aliphatic heterocycles. The Morgan fingerprint density at radius 3 is 1.85 bits per heavy atom. The zero-order valence-corrected chi connectivity index (χ0v) is 24.8. The molecule has 0 aliphatic carbocycles. The van der Waals surface area contributed by atoms with Gasteiger partial charge in [-0.05, 0) is 34.4 Å². The first-order valence-electron chi connectivity index (χ1n) is 14.0. The lowest BCUT2D eigenvalue weighted by molar-refractivity contribution is -0.00367. The van der Waals surface area contributed by atoms with Gasteiger partial charge < -0.3 is 19.3 Å². The van der Waals surface area contributed by atoms with E-state index in [2.05, 4.69) is 0 Å². The molecule has 0 saturated carbocycles. The number of methoxy groups -OCH3 is 1. The number of carbonyl (C=O) groups is 1. The van der Waals surface area contributed by atoms with Crippen molar-refractivity contribution in [2.45, 2.75) is 50.3 Å². The van der Waals surface area contributed by atoms with E-state index in [1.807, 2.05) is 129 Å². The van der Waals surface area contributed by atoms with Crippen LogP contribution >= 0.6 is 11.8 Å². The number of rotatable bonds is 9. The summed E-state index contributed by atoms with van der Waals surface area (Å²) in [5.74, 6) is -0.321. The second-order valence-corrected chi connectivity index (χ2v) is 10.5. The second-order valence-electron chi connectivity index (χ2n) is 9.13. The molecule has 1 saturated heterocycles. The van der Waals surface area contributed by atoms with Gasteiger partial charge in [-0.25, -0.2) is 4.79 Å². The van der Waals surface area contributed by atoms with Crippen LogP contribution in [0.5, 0.6) is 0 Å². The van der Waals surface area contributed by atoms with E-state index in [1.54, 1.807) is 18.9 Å². The third-order valence-corrected chi connectivity index (χ3v) is 7.76. The number of esters is 1. The summed E-state index contributed by atoms with van der Waals surface area (Å²) in [6.45, 7) is 5.31. The second kappa shape index (κ2) is 18.1. The van der Waals surface area contributed by atoms with Gasteiger partial charge in [-0.3, -0.25) is 0 Å². The van der Waals surface area contributed by atoms with E-state index in [0.29, 0.717) is 25.2 Å². The van der Waals surface area contributed by atoms with Crippen LogP contribution in [0.2, 0.25) is 0 Å². The maximum atomic E-state index is 12.7. The van der Waals surface area contributed by atoms with Crippen molar-refractivity contribution >= 4 is 17.7 Å². The third-order valence-electron chi connectivity index (χ3n) is 6.28. The fourth-order valence-corrected chi connectivity index (χ4v) is 5.53. The topological polar surface area (TPSA) is 65.0 Å². The van der Waals surface area contributed by atoms with Crippen molar-refractivity contribution in [2.75, 3.05) is 13.7 Å². The normalized spacial score (nSPS) is 17.4. The lowest BCUT2D eigenvalue weighted by atomic mass is 10.0. The molecule has 5 nitrogen and oxygen atoms in total. The van der Waals surface area contributed by atoms with Gasteiger partial charge in [0.25, 0.3) is 0 Å². The summed E-state index contributed by atoms with van der Waals surface area (Å²) in [5, 5.41) is 8.77. The van der Waals surface area contributed by atoms with Crippen molar-refractivity contribution in [2.24, 2.45) is 0 Å². The molecule has 0 spiro atoms. The van der Waals surface area contributed by atoms with Crippen LogP contribution in [-0.4, -0.2) is 41.6 Å². The van der Waals surface area contributed by atoms with Crippen LogP contribution in [0, 0.1) is 0 Å². The summed E-state index contributed by atoms with van der Waals surface area (Å²) in [4.78, 5) is 12.7. The Hall–Kier alpha value is -3.42. The van der Waals surface area contributed by atoms with Gasteiger partial charge in [-0.15, -0.1) is 11.8 Å². The quantitative estimate of drug-likeness (QED) is 0.207. The molecular formula is C35H40O5S. The monoisotopic (exact) mass is 572 g/mol. The Balaban J connectivity index is 0.000000394. The molecule has 216 valence electrons. The molecule has 41 heavy (non-hydrogen) atoms. The van der Waals surface area contributed by atoms with Crippen LogP contribution in [0.25, 0.3) is 11.1 Å².